The highest BCUT2D eigenvalue weighted by Gasteiger charge is 2.11. The summed E-state index contributed by atoms with van der Waals surface area (Å²) in [5.41, 5.74) is 2.96. The zero-order valence-electron chi connectivity index (χ0n) is 14.9. The molecule has 0 bridgehead atoms. The van der Waals surface area contributed by atoms with Gasteiger partial charge in [-0.25, -0.2) is 4.98 Å². The Labute approximate surface area is 164 Å². The van der Waals surface area contributed by atoms with Crippen LogP contribution >= 0.6 is 11.3 Å². The summed E-state index contributed by atoms with van der Waals surface area (Å²) in [6.45, 7) is 0.545. The fourth-order valence-electron chi connectivity index (χ4n) is 2.89. The van der Waals surface area contributed by atoms with E-state index in [1.54, 1.807) is 41.9 Å². The van der Waals surface area contributed by atoms with Crippen LogP contribution in [-0.4, -0.2) is 25.4 Å². The molecule has 3 aromatic heterocycles. The van der Waals surface area contributed by atoms with Crippen molar-refractivity contribution in [3.63, 3.8) is 0 Å². The smallest absolute Gasteiger partial charge is 0.261 e. The molecule has 0 unspecified atom stereocenters. The van der Waals surface area contributed by atoms with Crippen LogP contribution in [-0.2, 0) is 17.9 Å². The first kappa shape index (κ1) is 18.0. The number of carbonyl (C=O) groups is 1. The van der Waals surface area contributed by atoms with Crippen LogP contribution in [0.3, 0.4) is 0 Å². The van der Waals surface area contributed by atoms with Gasteiger partial charge in [-0.3, -0.25) is 24.1 Å². The quantitative estimate of drug-likeness (QED) is 0.546. The molecule has 7 nitrogen and oxygen atoms in total. The number of rotatable bonds is 6. The molecule has 0 spiro atoms. The lowest BCUT2D eigenvalue weighted by atomic mass is 10.2. The zero-order valence-corrected chi connectivity index (χ0v) is 15.7. The molecule has 0 saturated carbocycles. The summed E-state index contributed by atoms with van der Waals surface area (Å²) in [7, 11) is 0. The first-order valence-corrected chi connectivity index (χ1v) is 9.70. The highest BCUT2D eigenvalue weighted by atomic mass is 32.1. The zero-order chi connectivity index (χ0) is 19.3. The number of hydrogen-bond acceptors (Lipinski definition) is 6. The standard InChI is InChI=1S/C20H17N5O2S/c26-18(5-9-25-13-24-16-4-2-1-3-15(16)20(25)27)23-11-17-19(22-8-7-21-17)14-6-10-28-12-14/h1-4,6-8,10,12-13H,5,9,11H2,(H,23,26). The number of aromatic nitrogens is 4. The van der Waals surface area contributed by atoms with Gasteiger partial charge in [0.2, 0.25) is 5.91 Å². The van der Waals surface area contributed by atoms with E-state index in [-0.39, 0.29) is 31.0 Å². The highest BCUT2D eigenvalue weighted by Crippen LogP contribution is 2.22. The number of carbonyl (C=O) groups excluding carboxylic acids is 1. The molecular formula is C20H17N5O2S. The molecule has 0 aliphatic heterocycles. The van der Waals surface area contributed by atoms with Crippen LogP contribution in [0.2, 0.25) is 0 Å². The predicted octanol–water partition coefficient (Wildman–Crippen LogP) is 2.62. The second kappa shape index (κ2) is 8.10. The molecule has 0 radical (unpaired) electrons. The minimum atomic E-state index is -0.165. The molecule has 0 fully saturated rings. The summed E-state index contributed by atoms with van der Waals surface area (Å²) >= 11 is 1.58. The van der Waals surface area contributed by atoms with E-state index in [9.17, 15) is 9.59 Å². The second-order valence-electron chi connectivity index (χ2n) is 6.15. The van der Waals surface area contributed by atoms with Crippen molar-refractivity contribution < 1.29 is 4.79 Å². The molecule has 0 saturated heterocycles. The number of hydrogen-bond donors (Lipinski definition) is 1. The molecule has 4 aromatic rings. The third-order valence-electron chi connectivity index (χ3n) is 4.33. The van der Waals surface area contributed by atoms with Crippen molar-refractivity contribution in [1.29, 1.82) is 0 Å². The van der Waals surface area contributed by atoms with Crippen LogP contribution in [0.25, 0.3) is 22.2 Å². The van der Waals surface area contributed by atoms with Crippen molar-refractivity contribution in [3.05, 3.63) is 75.9 Å². The highest BCUT2D eigenvalue weighted by molar-refractivity contribution is 7.08. The van der Waals surface area contributed by atoms with E-state index in [0.717, 1.165) is 11.3 Å². The number of thiophene rings is 1. The first-order chi connectivity index (χ1) is 13.7. The second-order valence-corrected chi connectivity index (χ2v) is 6.93. The minimum Gasteiger partial charge on any atom is -0.350 e. The van der Waals surface area contributed by atoms with Gasteiger partial charge in [-0.05, 0) is 23.6 Å². The molecule has 0 aliphatic carbocycles. The number of nitrogens with zero attached hydrogens (tertiary/aromatic N) is 4. The Kier molecular flexibility index (Phi) is 5.20. The normalized spacial score (nSPS) is 10.9. The predicted molar refractivity (Wildman–Crippen MR) is 108 cm³/mol. The summed E-state index contributed by atoms with van der Waals surface area (Å²) in [6, 6.07) is 9.14. The van der Waals surface area contributed by atoms with Crippen LogP contribution in [0, 0.1) is 0 Å². The van der Waals surface area contributed by atoms with Crippen molar-refractivity contribution in [2.75, 3.05) is 0 Å². The molecule has 3 heterocycles. The lowest BCUT2D eigenvalue weighted by Gasteiger charge is -2.09. The van der Waals surface area contributed by atoms with Gasteiger partial charge in [0.15, 0.2) is 0 Å². The van der Waals surface area contributed by atoms with E-state index in [0.29, 0.717) is 16.6 Å². The Morgan fingerprint density at radius 3 is 2.82 bits per heavy atom. The Hall–Kier alpha value is -3.39. The largest absolute Gasteiger partial charge is 0.350 e. The Bertz CT molecular complexity index is 1170. The van der Waals surface area contributed by atoms with Gasteiger partial charge in [-0.15, -0.1) is 0 Å². The van der Waals surface area contributed by atoms with Crippen molar-refractivity contribution in [2.45, 2.75) is 19.5 Å². The van der Waals surface area contributed by atoms with Crippen molar-refractivity contribution in [3.8, 4) is 11.3 Å². The molecule has 140 valence electrons. The van der Waals surface area contributed by atoms with Crippen LogP contribution in [0.1, 0.15) is 12.1 Å². The number of para-hydroxylation sites is 1. The fraction of sp³-hybridized carbons (Fsp3) is 0.150. The molecule has 1 aromatic carbocycles. The average Bonchev–Trinajstić information content (AvgIpc) is 3.27. The van der Waals surface area contributed by atoms with Gasteiger partial charge in [0.25, 0.3) is 5.56 Å². The van der Waals surface area contributed by atoms with Crippen molar-refractivity contribution in [2.24, 2.45) is 0 Å². The summed E-state index contributed by atoms with van der Waals surface area (Å²) in [4.78, 5) is 37.7. The van der Waals surface area contributed by atoms with Crippen LogP contribution in [0.4, 0.5) is 0 Å². The van der Waals surface area contributed by atoms with E-state index in [1.807, 2.05) is 22.9 Å². The first-order valence-electron chi connectivity index (χ1n) is 8.76. The van der Waals surface area contributed by atoms with Crippen LogP contribution in [0.15, 0.2) is 64.6 Å². The van der Waals surface area contributed by atoms with E-state index in [1.165, 1.54) is 10.9 Å². The maximum Gasteiger partial charge on any atom is 0.261 e. The van der Waals surface area contributed by atoms with Crippen molar-refractivity contribution in [1.82, 2.24) is 24.8 Å². The van der Waals surface area contributed by atoms with Gasteiger partial charge in [0, 0.05) is 36.3 Å². The molecule has 28 heavy (non-hydrogen) atoms. The van der Waals surface area contributed by atoms with Gasteiger partial charge in [0.05, 0.1) is 35.2 Å². The number of nitrogens with one attached hydrogen (secondary N) is 1. The van der Waals surface area contributed by atoms with Crippen molar-refractivity contribution >= 4 is 28.1 Å². The van der Waals surface area contributed by atoms with E-state index in [2.05, 4.69) is 20.3 Å². The minimum absolute atomic E-state index is 0.146. The fourth-order valence-corrected chi connectivity index (χ4v) is 3.54. The van der Waals surface area contributed by atoms with E-state index in [4.69, 9.17) is 0 Å². The van der Waals surface area contributed by atoms with Crippen LogP contribution < -0.4 is 10.9 Å². The third kappa shape index (κ3) is 3.81. The lowest BCUT2D eigenvalue weighted by Crippen LogP contribution is -2.27. The van der Waals surface area contributed by atoms with E-state index >= 15 is 0 Å². The maximum absolute atomic E-state index is 12.5. The summed E-state index contributed by atoms with van der Waals surface area (Å²) in [6.07, 6.45) is 4.90. The summed E-state index contributed by atoms with van der Waals surface area (Å²) in [5.74, 6) is -0.165. The molecule has 4 rings (SSSR count). The Balaban J connectivity index is 1.40. The van der Waals surface area contributed by atoms with Gasteiger partial charge in [-0.1, -0.05) is 12.1 Å². The lowest BCUT2D eigenvalue weighted by molar-refractivity contribution is -0.121. The summed E-state index contributed by atoms with van der Waals surface area (Å²) in [5, 5.41) is 7.37. The molecule has 8 heteroatoms. The Morgan fingerprint density at radius 2 is 1.96 bits per heavy atom. The monoisotopic (exact) mass is 391 g/mol. The number of fused-ring (bicyclic) bond motifs is 1. The Morgan fingerprint density at radius 1 is 1.11 bits per heavy atom. The molecular weight excluding hydrogens is 374 g/mol. The number of amides is 1. The van der Waals surface area contributed by atoms with Gasteiger partial charge >= 0.3 is 0 Å². The van der Waals surface area contributed by atoms with Gasteiger partial charge in [-0.2, -0.15) is 11.3 Å². The number of aryl methyl sites for hydroxylation is 1. The molecule has 0 aliphatic rings. The number of benzene rings is 1. The third-order valence-corrected chi connectivity index (χ3v) is 5.02. The molecule has 1 N–H and O–H groups in total. The summed E-state index contributed by atoms with van der Waals surface area (Å²) < 4.78 is 1.46. The molecule has 1 amide bonds. The topological polar surface area (TPSA) is 89.8 Å². The molecule has 0 atom stereocenters. The average molecular weight is 391 g/mol. The SMILES string of the molecule is O=C(CCn1cnc2ccccc2c1=O)NCc1nccnc1-c1ccsc1. The van der Waals surface area contributed by atoms with E-state index < -0.39 is 0 Å². The van der Waals surface area contributed by atoms with Gasteiger partial charge in [0.1, 0.15) is 0 Å². The van der Waals surface area contributed by atoms with Crippen LogP contribution in [0.5, 0.6) is 0 Å². The van der Waals surface area contributed by atoms with Gasteiger partial charge < -0.3 is 5.32 Å². The maximum atomic E-state index is 12.5.